The van der Waals surface area contributed by atoms with Crippen LogP contribution in [0.3, 0.4) is 0 Å². The monoisotopic (exact) mass is 377 g/mol. The molecule has 0 fully saturated rings. The summed E-state index contributed by atoms with van der Waals surface area (Å²) in [4.78, 5) is 2.53. The van der Waals surface area contributed by atoms with Crippen molar-refractivity contribution < 1.29 is 0 Å². The third-order valence-electron chi connectivity index (χ3n) is 4.90. The molecular formula is C26H19NS. The molecular weight excluding hydrogens is 358 g/mol. The van der Waals surface area contributed by atoms with Crippen LogP contribution in [0.2, 0.25) is 0 Å². The number of hydrogen-bond donors (Lipinski definition) is 1. The van der Waals surface area contributed by atoms with E-state index in [0.29, 0.717) is 0 Å². The number of anilines is 2. The Kier molecular flexibility index (Phi) is 4.48. The van der Waals surface area contributed by atoms with Gasteiger partial charge in [0, 0.05) is 15.4 Å². The van der Waals surface area contributed by atoms with Gasteiger partial charge in [-0.1, -0.05) is 103 Å². The smallest absolute Gasteiger partial charge is 0.0606 e. The highest BCUT2D eigenvalue weighted by Gasteiger charge is 2.19. The molecule has 1 nitrogen and oxygen atoms in total. The molecule has 1 heterocycles. The molecule has 28 heavy (non-hydrogen) atoms. The standard InChI is InChI=1S/C26H19NS/c1-2-9-19(10-3-1)17-18-20-11-4-5-12-21(20)22-13-8-16-25-26(22)27-23-14-6-7-15-24(23)28-25/h1-18,27H. The van der Waals surface area contributed by atoms with Gasteiger partial charge in [0.2, 0.25) is 0 Å². The van der Waals surface area contributed by atoms with E-state index in [-0.39, 0.29) is 0 Å². The van der Waals surface area contributed by atoms with Crippen LogP contribution >= 0.6 is 11.8 Å². The Labute approximate surface area is 169 Å². The van der Waals surface area contributed by atoms with E-state index in [9.17, 15) is 0 Å². The van der Waals surface area contributed by atoms with E-state index in [1.165, 1.54) is 43.4 Å². The fourth-order valence-electron chi connectivity index (χ4n) is 3.52. The normalized spacial score (nSPS) is 12.3. The minimum atomic E-state index is 1.17. The first-order chi connectivity index (χ1) is 13.9. The van der Waals surface area contributed by atoms with Gasteiger partial charge in [-0.3, -0.25) is 0 Å². The van der Waals surface area contributed by atoms with E-state index >= 15 is 0 Å². The minimum Gasteiger partial charge on any atom is -0.353 e. The molecule has 0 aliphatic carbocycles. The van der Waals surface area contributed by atoms with Crippen molar-refractivity contribution >= 4 is 35.3 Å². The van der Waals surface area contributed by atoms with Crippen molar-refractivity contribution in [1.29, 1.82) is 0 Å². The van der Waals surface area contributed by atoms with E-state index < -0.39 is 0 Å². The quantitative estimate of drug-likeness (QED) is 0.323. The van der Waals surface area contributed by atoms with Crippen LogP contribution in [0.1, 0.15) is 11.1 Å². The summed E-state index contributed by atoms with van der Waals surface area (Å²) in [7, 11) is 0. The number of nitrogens with one attached hydrogen (secondary N) is 1. The molecule has 0 bridgehead atoms. The zero-order chi connectivity index (χ0) is 18.8. The fraction of sp³-hybridized carbons (Fsp3) is 0. The number of para-hydroxylation sites is 2. The van der Waals surface area contributed by atoms with E-state index in [2.05, 4.69) is 108 Å². The molecule has 0 unspecified atom stereocenters. The summed E-state index contributed by atoms with van der Waals surface area (Å²) in [6.45, 7) is 0. The summed E-state index contributed by atoms with van der Waals surface area (Å²) < 4.78 is 0. The Hall–Kier alpha value is -3.23. The lowest BCUT2D eigenvalue weighted by Crippen LogP contribution is -2.01. The van der Waals surface area contributed by atoms with E-state index in [0.717, 1.165) is 0 Å². The lowest BCUT2D eigenvalue weighted by molar-refractivity contribution is 1.31. The zero-order valence-corrected chi connectivity index (χ0v) is 16.1. The summed E-state index contributed by atoms with van der Waals surface area (Å²) in [5.41, 5.74) is 7.24. The lowest BCUT2D eigenvalue weighted by Gasteiger charge is -2.24. The molecule has 0 radical (unpaired) electrons. The molecule has 2 heteroatoms. The molecule has 0 saturated carbocycles. The maximum Gasteiger partial charge on any atom is 0.0606 e. The van der Waals surface area contributed by atoms with Crippen molar-refractivity contribution in [3.63, 3.8) is 0 Å². The first kappa shape index (κ1) is 16.9. The van der Waals surface area contributed by atoms with E-state index in [1.54, 1.807) is 0 Å². The van der Waals surface area contributed by atoms with Crippen LogP contribution < -0.4 is 5.32 Å². The van der Waals surface area contributed by atoms with Gasteiger partial charge in [-0.05, 0) is 34.9 Å². The van der Waals surface area contributed by atoms with Crippen LogP contribution in [-0.4, -0.2) is 0 Å². The molecule has 5 rings (SSSR count). The number of fused-ring (bicyclic) bond motifs is 2. The second-order valence-corrected chi connectivity index (χ2v) is 7.82. The van der Waals surface area contributed by atoms with Crippen molar-refractivity contribution in [3.8, 4) is 11.1 Å². The third kappa shape index (κ3) is 3.23. The van der Waals surface area contributed by atoms with Crippen LogP contribution in [0.5, 0.6) is 0 Å². The predicted octanol–water partition coefficient (Wildman–Crippen LogP) is 7.73. The molecule has 134 valence electrons. The number of rotatable bonds is 3. The summed E-state index contributed by atoms with van der Waals surface area (Å²) in [6, 6.07) is 34.0. The molecule has 1 N–H and O–H groups in total. The molecule has 4 aromatic rings. The highest BCUT2D eigenvalue weighted by atomic mass is 32.2. The maximum absolute atomic E-state index is 3.66. The Bertz CT molecular complexity index is 1160. The predicted molar refractivity (Wildman–Crippen MR) is 121 cm³/mol. The molecule has 0 amide bonds. The summed E-state index contributed by atoms with van der Waals surface area (Å²) in [5, 5.41) is 3.66. The molecule has 0 atom stereocenters. The van der Waals surface area contributed by atoms with Crippen molar-refractivity contribution in [1.82, 2.24) is 0 Å². The van der Waals surface area contributed by atoms with Gasteiger partial charge < -0.3 is 5.32 Å². The Balaban J connectivity index is 1.58. The first-order valence-electron chi connectivity index (χ1n) is 9.38. The van der Waals surface area contributed by atoms with Gasteiger partial charge in [0.15, 0.2) is 0 Å². The van der Waals surface area contributed by atoms with Crippen LogP contribution in [0.15, 0.2) is 107 Å². The average molecular weight is 378 g/mol. The molecule has 0 aromatic heterocycles. The van der Waals surface area contributed by atoms with E-state index in [1.807, 2.05) is 17.8 Å². The van der Waals surface area contributed by atoms with Gasteiger partial charge in [0.25, 0.3) is 0 Å². The topological polar surface area (TPSA) is 12.0 Å². The van der Waals surface area contributed by atoms with Gasteiger partial charge in [-0.15, -0.1) is 0 Å². The summed E-state index contributed by atoms with van der Waals surface area (Å²) in [6.07, 6.45) is 4.37. The maximum atomic E-state index is 3.66. The van der Waals surface area contributed by atoms with Gasteiger partial charge in [-0.25, -0.2) is 0 Å². The van der Waals surface area contributed by atoms with Crippen molar-refractivity contribution in [2.75, 3.05) is 5.32 Å². The lowest BCUT2D eigenvalue weighted by atomic mass is 9.97. The Morgan fingerprint density at radius 2 is 1.29 bits per heavy atom. The van der Waals surface area contributed by atoms with E-state index in [4.69, 9.17) is 0 Å². The van der Waals surface area contributed by atoms with Crippen molar-refractivity contribution in [3.05, 3.63) is 108 Å². The van der Waals surface area contributed by atoms with Crippen LogP contribution in [0.4, 0.5) is 11.4 Å². The van der Waals surface area contributed by atoms with Gasteiger partial charge in [0.05, 0.1) is 11.4 Å². The molecule has 0 spiro atoms. The highest BCUT2D eigenvalue weighted by molar-refractivity contribution is 7.99. The molecule has 0 saturated heterocycles. The van der Waals surface area contributed by atoms with Gasteiger partial charge in [0.1, 0.15) is 0 Å². The second kappa shape index (κ2) is 7.41. The summed E-state index contributed by atoms with van der Waals surface area (Å²) >= 11 is 1.83. The first-order valence-corrected chi connectivity index (χ1v) is 10.2. The molecule has 1 aliphatic heterocycles. The van der Waals surface area contributed by atoms with Crippen molar-refractivity contribution in [2.45, 2.75) is 9.79 Å². The zero-order valence-electron chi connectivity index (χ0n) is 15.3. The van der Waals surface area contributed by atoms with Crippen molar-refractivity contribution in [2.24, 2.45) is 0 Å². The largest absolute Gasteiger partial charge is 0.353 e. The van der Waals surface area contributed by atoms with Crippen LogP contribution in [0, 0.1) is 0 Å². The third-order valence-corrected chi connectivity index (χ3v) is 6.03. The van der Waals surface area contributed by atoms with Gasteiger partial charge >= 0.3 is 0 Å². The summed E-state index contributed by atoms with van der Waals surface area (Å²) in [5.74, 6) is 0. The minimum absolute atomic E-state index is 1.17. The highest BCUT2D eigenvalue weighted by Crippen LogP contribution is 2.48. The Morgan fingerprint density at radius 1 is 0.571 bits per heavy atom. The molecule has 1 aliphatic rings. The van der Waals surface area contributed by atoms with Crippen LogP contribution in [-0.2, 0) is 0 Å². The SMILES string of the molecule is C(=Cc1ccccc1-c1cccc2c1Nc1ccccc1S2)c1ccccc1. The number of benzene rings is 4. The second-order valence-electron chi connectivity index (χ2n) is 6.73. The fourth-order valence-corrected chi connectivity index (χ4v) is 4.54. The number of hydrogen-bond acceptors (Lipinski definition) is 2. The molecule has 4 aromatic carbocycles. The Morgan fingerprint density at radius 3 is 2.21 bits per heavy atom. The van der Waals surface area contributed by atoms with Crippen LogP contribution in [0.25, 0.3) is 23.3 Å². The average Bonchev–Trinajstić information content (AvgIpc) is 2.77. The van der Waals surface area contributed by atoms with Gasteiger partial charge in [-0.2, -0.15) is 0 Å².